The summed E-state index contributed by atoms with van der Waals surface area (Å²) in [6.45, 7) is 7.81. The van der Waals surface area contributed by atoms with Crippen molar-refractivity contribution in [2.45, 2.75) is 26.7 Å². The topological polar surface area (TPSA) is 21.3 Å². The molecule has 2 nitrogen and oxygen atoms in total. The normalized spacial score (nSPS) is 23.2. The lowest BCUT2D eigenvalue weighted by Crippen LogP contribution is -2.38. The van der Waals surface area contributed by atoms with Crippen LogP contribution in [-0.2, 0) is 11.2 Å². The number of ether oxygens (including phenoxy) is 1. The van der Waals surface area contributed by atoms with E-state index in [4.69, 9.17) is 4.74 Å². The predicted octanol–water partition coefficient (Wildman–Crippen LogP) is 3.02. The Kier molecular flexibility index (Phi) is 4.94. The second-order valence-corrected chi connectivity index (χ2v) is 6.10. The van der Waals surface area contributed by atoms with E-state index in [0.717, 1.165) is 44.7 Å². The van der Waals surface area contributed by atoms with E-state index in [-0.39, 0.29) is 11.2 Å². The monoisotopic (exact) mass is 265 g/mol. The average Bonchev–Trinajstić information content (AvgIpc) is 2.81. The van der Waals surface area contributed by atoms with Crippen molar-refractivity contribution in [2.24, 2.45) is 11.3 Å². The molecule has 1 atom stereocenters. The Morgan fingerprint density at radius 3 is 2.79 bits per heavy atom. The maximum atomic E-state index is 13.8. The first-order chi connectivity index (χ1) is 9.11. The highest BCUT2D eigenvalue weighted by Gasteiger charge is 2.35. The molecule has 1 saturated heterocycles. The number of hydrogen-bond acceptors (Lipinski definition) is 2. The first kappa shape index (κ1) is 14.5. The molecule has 0 saturated carbocycles. The molecule has 2 rings (SSSR count). The fourth-order valence-electron chi connectivity index (χ4n) is 2.66. The van der Waals surface area contributed by atoms with Crippen LogP contribution in [-0.4, -0.2) is 26.3 Å². The molecule has 0 radical (unpaired) electrons. The standard InChI is InChI=1S/C16H24FNO/c1-13(2)10-18-11-16(7-8-19-12-16)9-14-5-3-4-6-15(14)17/h3-6,13,18H,7-12H2,1-2H3. The number of benzene rings is 1. The van der Waals surface area contributed by atoms with E-state index in [1.165, 1.54) is 0 Å². The summed E-state index contributed by atoms with van der Waals surface area (Å²) in [6, 6.07) is 7.08. The van der Waals surface area contributed by atoms with Crippen molar-refractivity contribution in [2.75, 3.05) is 26.3 Å². The van der Waals surface area contributed by atoms with Gasteiger partial charge in [-0.1, -0.05) is 32.0 Å². The fraction of sp³-hybridized carbons (Fsp3) is 0.625. The van der Waals surface area contributed by atoms with Gasteiger partial charge >= 0.3 is 0 Å². The van der Waals surface area contributed by atoms with Crippen molar-refractivity contribution in [1.82, 2.24) is 5.32 Å². The Morgan fingerprint density at radius 1 is 1.37 bits per heavy atom. The number of nitrogens with one attached hydrogen (secondary N) is 1. The van der Waals surface area contributed by atoms with Crippen molar-refractivity contribution in [3.05, 3.63) is 35.6 Å². The van der Waals surface area contributed by atoms with Crippen LogP contribution in [0.5, 0.6) is 0 Å². The van der Waals surface area contributed by atoms with Crippen LogP contribution in [0.4, 0.5) is 4.39 Å². The molecular formula is C16H24FNO. The van der Waals surface area contributed by atoms with E-state index in [9.17, 15) is 4.39 Å². The minimum Gasteiger partial charge on any atom is -0.381 e. The summed E-state index contributed by atoms with van der Waals surface area (Å²) in [5, 5.41) is 3.50. The minimum absolute atomic E-state index is 0.0527. The molecular weight excluding hydrogens is 241 g/mol. The van der Waals surface area contributed by atoms with E-state index in [1.807, 2.05) is 12.1 Å². The van der Waals surface area contributed by atoms with Crippen LogP contribution in [0, 0.1) is 17.2 Å². The number of rotatable bonds is 6. The van der Waals surface area contributed by atoms with Crippen molar-refractivity contribution in [1.29, 1.82) is 0 Å². The lowest BCUT2D eigenvalue weighted by Gasteiger charge is -2.28. The Labute approximate surface area is 115 Å². The van der Waals surface area contributed by atoms with Gasteiger partial charge in [-0.05, 0) is 36.9 Å². The molecule has 1 fully saturated rings. The SMILES string of the molecule is CC(C)CNCC1(Cc2ccccc2F)CCOC1. The molecule has 106 valence electrons. The molecule has 1 unspecified atom stereocenters. The third kappa shape index (κ3) is 4.02. The van der Waals surface area contributed by atoms with Crippen molar-refractivity contribution >= 4 is 0 Å². The molecule has 0 bridgehead atoms. The van der Waals surface area contributed by atoms with E-state index in [0.29, 0.717) is 5.92 Å². The molecule has 0 amide bonds. The van der Waals surface area contributed by atoms with Crippen molar-refractivity contribution in [3.63, 3.8) is 0 Å². The van der Waals surface area contributed by atoms with Crippen LogP contribution in [0.25, 0.3) is 0 Å². The van der Waals surface area contributed by atoms with Crippen molar-refractivity contribution < 1.29 is 9.13 Å². The van der Waals surface area contributed by atoms with E-state index in [2.05, 4.69) is 19.2 Å². The lowest BCUT2D eigenvalue weighted by molar-refractivity contribution is 0.148. The molecule has 1 N–H and O–H groups in total. The highest BCUT2D eigenvalue weighted by Crippen LogP contribution is 2.32. The minimum atomic E-state index is -0.0994. The largest absolute Gasteiger partial charge is 0.381 e. The van der Waals surface area contributed by atoms with Crippen LogP contribution >= 0.6 is 0 Å². The first-order valence-electron chi connectivity index (χ1n) is 7.13. The van der Waals surface area contributed by atoms with Gasteiger partial charge in [-0.3, -0.25) is 0 Å². The van der Waals surface area contributed by atoms with Crippen LogP contribution in [0.3, 0.4) is 0 Å². The third-order valence-corrected chi connectivity index (χ3v) is 3.76. The molecule has 1 aliphatic heterocycles. The van der Waals surface area contributed by atoms with Gasteiger partial charge in [0.15, 0.2) is 0 Å². The Hall–Kier alpha value is -0.930. The smallest absolute Gasteiger partial charge is 0.126 e. The number of hydrogen-bond donors (Lipinski definition) is 1. The lowest BCUT2D eigenvalue weighted by atomic mass is 9.80. The third-order valence-electron chi connectivity index (χ3n) is 3.76. The summed E-state index contributed by atoms with van der Waals surface area (Å²) < 4.78 is 19.4. The fourth-order valence-corrected chi connectivity index (χ4v) is 2.66. The maximum Gasteiger partial charge on any atom is 0.126 e. The van der Waals surface area contributed by atoms with E-state index < -0.39 is 0 Å². The molecule has 1 heterocycles. The molecule has 1 aromatic carbocycles. The zero-order chi connectivity index (χ0) is 13.7. The molecule has 0 aromatic heterocycles. The van der Waals surface area contributed by atoms with Crippen LogP contribution < -0.4 is 5.32 Å². The van der Waals surface area contributed by atoms with Crippen LogP contribution in [0.1, 0.15) is 25.8 Å². The number of halogens is 1. The quantitative estimate of drug-likeness (QED) is 0.853. The van der Waals surface area contributed by atoms with E-state index in [1.54, 1.807) is 12.1 Å². The van der Waals surface area contributed by atoms with Gasteiger partial charge in [-0.25, -0.2) is 4.39 Å². The molecule has 1 aromatic rings. The summed E-state index contributed by atoms with van der Waals surface area (Å²) in [7, 11) is 0. The highest BCUT2D eigenvalue weighted by atomic mass is 19.1. The molecule has 19 heavy (non-hydrogen) atoms. The summed E-state index contributed by atoms with van der Waals surface area (Å²) in [4.78, 5) is 0. The molecule has 1 aliphatic rings. The predicted molar refractivity (Wildman–Crippen MR) is 75.7 cm³/mol. The van der Waals surface area contributed by atoms with Gasteiger partial charge in [0.2, 0.25) is 0 Å². The van der Waals surface area contributed by atoms with Gasteiger partial charge in [0.05, 0.1) is 6.61 Å². The average molecular weight is 265 g/mol. The molecule has 3 heteroatoms. The zero-order valence-corrected chi connectivity index (χ0v) is 11.9. The van der Waals surface area contributed by atoms with Crippen molar-refractivity contribution in [3.8, 4) is 0 Å². The Balaban J connectivity index is 2.01. The second-order valence-electron chi connectivity index (χ2n) is 6.10. The molecule has 0 spiro atoms. The maximum absolute atomic E-state index is 13.8. The Morgan fingerprint density at radius 2 is 2.16 bits per heavy atom. The molecule has 0 aliphatic carbocycles. The zero-order valence-electron chi connectivity index (χ0n) is 11.9. The van der Waals surface area contributed by atoms with Gasteiger partial charge < -0.3 is 10.1 Å². The summed E-state index contributed by atoms with van der Waals surface area (Å²) >= 11 is 0. The first-order valence-corrected chi connectivity index (χ1v) is 7.13. The second kappa shape index (κ2) is 6.49. The van der Waals surface area contributed by atoms with Crippen LogP contribution in [0.2, 0.25) is 0 Å². The van der Waals surface area contributed by atoms with Gasteiger partial charge in [-0.15, -0.1) is 0 Å². The van der Waals surface area contributed by atoms with Gasteiger partial charge in [0.25, 0.3) is 0 Å². The van der Waals surface area contributed by atoms with Gasteiger partial charge in [0, 0.05) is 18.6 Å². The van der Waals surface area contributed by atoms with Gasteiger partial charge in [-0.2, -0.15) is 0 Å². The van der Waals surface area contributed by atoms with Gasteiger partial charge in [0.1, 0.15) is 5.82 Å². The summed E-state index contributed by atoms with van der Waals surface area (Å²) in [5.41, 5.74) is 0.858. The summed E-state index contributed by atoms with van der Waals surface area (Å²) in [6.07, 6.45) is 1.76. The van der Waals surface area contributed by atoms with E-state index >= 15 is 0 Å². The van der Waals surface area contributed by atoms with Crippen LogP contribution in [0.15, 0.2) is 24.3 Å². The Bertz CT molecular complexity index is 399. The highest BCUT2D eigenvalue weighted by molar-refractivity contribution is 5.19. The summed E-state index contributed by atoms with van der Waals surface area (Å²) in [5.74, 6) is 0.533.